The van der Waals surface area contributed by atoms with Crippen LogP contribution in [-0.4, -0.2) is 158 Å². The number of hydrogen-bond donors (Lipinski definition) is 12. The van der Waals surface area contributed by atoms with Crippen LogP contribution in [0.1, 0.15) is 222 Å². The van der Waals surface area contributed by atoms with Crippen molar-refractivity contribution in [3.63, 3.8) is 0 Å². The van der Waals surface area contributed by atoms with E-state index in [0.717, 1.165) is 69.1 Å². The molecule has 0 radical (unpaired) electrons. The third kappa shape index (κ3) is 546. The lowest BCUT2D eigenvalue weighted by molar-refractivity contribution is -0.129. The fourth-order valence-electron chi connectivity index (χ4n) is 2.64. The molecule has 1 saturated heterocycles. The van der Waals surface area contributed by atoms with Crippen LogP contribution in [0.25, 0.3) is 0 Å². The van der Waals surface area contributed by atoms with Crippen LogP contribution in [0.5, 0.6) is 0 Å². The number of amides is 1. The molecule has 27 N–H and O–H groups in total. The summed E-state index contributed by atoms with van der Waals surface area (Å²) in [5.41, 5.74) is 35.2. The van der Waals surface area contributed by atoms with Crippen molar-refractivity contribution in [1.82, 2.24) is 29.5 Å². The molecule has 0 saturated carbocycles. The molecule has 0 aliphatic carbocycles. The smallest absolute Gasteiger partial charge is 0.219 e. The molecule has 1 fully saturated rings. The van der Waals surface area contributed by atoms with Gasteiger partial charge in [0.1, 0.15) is 74.7 Å². The van der Waals surface area contributed by atoms with Gasteiger partial charge in [0, 0.05) is 26.1 Å². The Hall–Kier alpha value is -6.20. The molecule has 0 spiro atoms. The predicted octanol–water partition coefficient (Wildman–Crippen LogP) is 13.0. The molecule has 2 aromatic rings. The second-order valence-electron chi connectivity index (χ2n) is 15.7. The SMILES string of the molecule is C=O.C=O.C=O.C=O.C=O.C=O.C=O.C=O.C=O.C=O.C=O.CC.CC.CC(=O)N1CCCCC1.CC(C)O.CCC(C)C.CCC(C)C.CCC(C)C.CCC(C)C.CCCN.CCN.CCc1ccccc1.CCc1ccccc1.CN.CN.CN.CN.CN.N.N.N.N. The Morgan fingerprint density at radius 1 is 0.375 bits per heavy atom. The van der Waals surface area contributed by atoms with Crippen molar-refractivity contribution in [2.45, 2.75) is 230 Å². The van der Waals surface area contributed by atoms with E-state index in [1.165, 1.54) is 91.3 Å². The first-order chi connectivity index (χ1) is 44.3. The number of nitrogens with zero attached hydrogens (tertiary/aromatic N) is 1. The number of aliphatic hydroxyl groups excluding tert-OH is 1. The number of hydrogen-bond acceptors (Lipinski definition) is 24. The highest BCUT2D eigenvalue weighted by Crippen LogP contribution is 2.07. The van der Waals surface area contributed by atoms with Gasteiger partial charge in [0.15, 0.2) is 0 Å². The highest BCUT2D eigenvalue weighted by atomic mass is 16.3. The van der Waals surface area contributed by atoms with Gasteiger partial charge in [-0.2, -0.15) is 0 Å². The average Bonchev–Trinajstić information content (AvgIpc) is 3.73. The van der Waals surface area contributed by atoms with E-state index in [9.17, 15) is 4.79 Å². The fourth-order valence-corrected chi connectivity index (χ4v) is 2.64. The zero-order chi connectivity index (χ0) is 81.2. The van der Waals surface area contributed by atoms with Gasteiger partial charge < -0.3 is 127 Å². The molecule has 0 bridgehead atoms. The molecule has 2 aromatic carbocycles. The van der Waals surface area contributed by atoms with Gasteiger partial charge in [-0.15, -0.1) is 0 Å². The van der Waals surface area contributed by atoms with Gasteiger partial charge in [0.2, 0.25) is 5.91 Å². The van der Waals surface area contributed by atoms with Gasteiger partial charge in [0.25, 0.3) is 0 Å². The Bertz CT molecular complexity index is 1030. The molecule has 0 atom stereocenters. The molecule has 1 heterocycles. The maximum absolute atomic E-state index is 10.7. The molecule has 0 unspecified atom stereocenters. The zero-order valence-electron chi connectivity index (χ0n) is 68.5. The Balaban J connectivity index is -0.0000000183. The van der Waals surface area contributed by atoms with E-state index in [1.807, 2.05) is 126 Å². The first-order valence-corrected chi connectivity index (χ1v) is 30.8. The van der Waals surface area contributed by atoms with E-state index in [4.69, 9.17) is 69.3 Å². The van der Waals surface area contributed by atoms with Crippen molar-refractivity contribution in [3.8, 4) is 0 Å². The maximum Gasteiger partial charge on any atom is 0.219 e. The largest absolute Gasteiger partial charge is 0.394 e. The number of aliphatic hydroxyl groups is 1. The number of aryl methyl sites for hydroxylation is 2. The van der Waals surface area contributed by atoms with E-state index in [2.05, 4.69) is 181 Å². The van der Waals surface area contributed by atoms with Crippen molar-refractivity contribution in [2.24, 2.45) is 63.8 Å². The minimum atomic E-state index is -0.167. The van der Waals surface area contributed by atoms with Crippen LogP contribution in [0.3, 0.4) is 0 Å². The molecule has 3 rings (SSSR count). The topological polar surface area (TPSA) is 550 Å². The molecule has 96 heavy (non-hydrogen) atoms. The van der Waals surface area contributed by atoms with Gasteiger partial charge in [-0.25, -0.2) is 0 Å². The van der Waals surface area contributed by atoms with Crippen molar-refractivity contribution in [2.75, 3.05) is 61.4 Å². The first-order valence-electron chi connectivity index (χ1n) is 30.8. The lowest BCUT2D eigenvalue weighted by Gasteiger charge is -2.24. The Morgan fingerprint density at radius 3 is 0.562 bits per heavy atom. The lowest BCUT2D eigenvalue weighted by atomic mass is 10.1. The minimum Gasteiger partial charge on any atom is -0.394 e. The summed E-state index contributed by atoms with van der Waals surface area (Å²) in [5.74, 6) is 3.77. The molecule has 1 aliphatic heterocycles. The predicted molar refractivity (Wildman–Crippen MR) is 431 cm³/mol. The van der Waals surface area contributed by atoms with Crippen LogP contribution in [0.2, 0.25) is 0 Å². The standard InChI is InChI=1S/2C8H10.C7H13NO.4C5H12.C3H9N.C3H8O.C2H7N.2C2H6.5CH5N.11CH2O.4H3N/c2*1-2-8-6-4-3-5-7-8;1-7(9)8-5-3-2-4-6-8;4*1-4-5(2)3;1-2-3-4;1-3(2)4;1-2-3;18*1-2;;;;/h2*3-7H,2H2,1H3;2-6H2,1H3;4*5H,4H2,1-3H3;2-4H2,1H3;3-4H,1-2H3;2-3H2,1H3;2*1-2H3;5*2H2,1H3;11*1H2;4*1H3. The number of carbonyl (C=O) groups excluding carboxylic acids is 12. The van der Waals surface area contributed by atoms with Gasteiger partial charge in [-0.1, -0.05) is 225 Å². The van der Waals surface area contributed by atoms with E-state index in [1.54, 1.807) is 20.8 Å². The van der Waals surface area contributed by atoms with Crippen LogP contribution < -0.4 is 64.7 Å². The van der Waals surface area contributed by atoms with Crippen molar-refractivity contribution in [1.29, 1.82) is 0 Å². The summed E-state index contributed by atoms with van der Waals surface area (Å²) < 4.78 is 0. The number of rotatable bonds is 7. The van der Waals surface area contributed by atoms with Crippen LogP contribution >= 0.6 is 0 Å². The number of carbonyl (C=O) groups is 12. The summed E-state index contributed by atoms with van der Waals surface area (Å²) in [7, 11) is 7.50. The van der Waals surface area contributed by atoms with Crippen molar-refractivity contribution >= 4 is 80.6 Å². The number of benzene rings is 2. The average molecular weight is 1410 g/mol. The molecule has 1 amide bonds. The third-order valence-electron chi connectivity index (χ3n) is 7.86. The van der Waals surface area contributed by atoms with Crippen LogP contribution in [0, 0.1) is 23.7 Å². The number of piperidine rings is 1. The monoisotopic (exact) mass is 1410 g/mol. The van der Waals surface area contributed by atoms with Gasteiger partial charge >= 0.3 is 0 Å². The molecule has 25 heteroatoms. The Labute approximate surface area is 597 Å². The van der Waals surface area contributed by atoms with Gasteiger partial charge in [-0.05, 0) is 135 Å². The summed E-state index contributed by atoms with van der Waals surface area (Å²) in [5, 5.41) is 8.06. The van der Waals surface area contributed by atoms with Crippen molar-refractivity contribution in [3.05, 3.63) is 71.8 Å². The number of likely N-dealkylation sites (tertiary alicyclic amines) is 1. The van der Waals surface area contributed by atoms with Crippen LogP contribution in [-0.2, 0) is 70.4 Å². The van der Waals surface area contributed by atoms with Gasteiger partial charge in [-0.3, -0.25) is 4.79 Å². The van der Waals surface area contributed by atoms with E-state index in [-0.39, 0.29) is 36.6 Å². The molecule has 0 aromatic heterocycles. The Morgan fingerprint density at radius 2 is 0.500 bits per heavy atom. The highest BCUT2D eigenvalue weighted by molar-refractivity contribution is 5.73. The van der Waals surface area contributed by atoms with Crippen LogP contribution in [0.4, 0.5) is 0 Å². The molecular weight excluding hydrogens is 1230 g/mol. The summed E-state index contributed by atoms with van der Waals surface area (Å²) in [6.07, 6.45) is 12.1. The van der Waals surface area contributed by atoms with E-state index >= 15 is 0 Å². The van der Waals surface area contributed by atoms with Crippen molar-refractivity contribution < 1.29 is 62.6 Å². The maximum atomic E-state index is 10.7. The van der Waals surface area contributed by atoms with E-state index < -0.39 is 0 Å². The molecule has 1 aliphatic rings. The molecule has 598 valence electrons. The fraction of sp³-hybridized carbons (Fsp3) is 0.662. The molecular formula is C71H176N12O13. The van der Waals surface area contributed by atoms with Gasteiger partial charge in [0.05, 0.1) is 0 Å². The lowest BCUT2D eigenvalue weighted by Crippen LogP contribution is -2.33. The zero-order valence-corrected chi connectivity index (χ0v) is 68.5. The summed E-state index contributed by atoms with van der Waals surface area (Å²) >= 11 is 0. The summed E-state index contributed by atoms with van der Waals surface area (Å²) in [6, 6.07) is 20.9. The second-order valence-corrected chi connectivity index (χ2v) is 15.7. The third-order valence-corrected chi connectivity index (χ3v) is 7.86. The molecule has 25 nitrogen and oxygen atoms in total. The summed E-state index contributed by atoms with van der Waals surface area (Å²) in [4.78, 5) is 101. The van der Waals surface area contributed by atoms with Crippen LogP contribution in [0.15, 0.2) is 60.7 Å². The highest BCUT2D eigenvalue weighted by Gasteiger charge is 2.11. The quantitative estimate of drug-likeness (QED) is 0.122. The first kappa shape index (κ1) is 192. The minimum absolute atomic E-state index is 0. The number of nitrogens with two attached hydrogens (primary N) is 7. The Kier molecular flexibility index (Phi) is 681. The summed E-state index contributed by atoms with van der Waals surface area (Å²) in [6.45, 7) is 73.5. The normalized spacial score (nSPS) is 7.16. The second kappa shape index (κ2) is 341. The van der Waals surface area contributed by atoms with E-state index in [0.29, 0.717) is 0 Å².